The van der Waals surface area contributed by atoms with Gasteiger partial charge in [0.2, 0.25) is 5.76 Å². The summed E-state index contributed by atoms with van der Waals surface area (Å²) in [4.78, 5) is 11.5. The number of amides is 1. The lowest BCUT2D eigenvalue weighted by Gasteiger charge is -2.09. The summed E-state index contributed by atoms with van der Waals surface area (Å²) < 4.78 is 42.0. The Kier molecular flexibility index (Phi) is 5.94. The molecule has 0 radical (unpaired) electrons. The molecular formula is C12H18F3NO2. The first-order valence-corrected chi connectivity index (χ1v) is 5.70. The molecule has 1 aromatic rings. The first kappa shape index (κ1) is 16.5. The minimum atomic E-state index is -4.65. The zero-order valence-corrected chi connectivity index (χ0v) is 11.1. The fraction of sp³-hybridized carbons (Fsp3) is 0.583. The van der Waals surface area contributed by atoms with Crippen molar-refractivity contribution >= 4 is 5.91 Å². The van der Waals surface area contributed by atoms with E-state index in [0.717, 1.165) is 6.07 Å². The quantitative estimate of drug-likeness (QED) is 0.884. The van der Waals surface area contributed by atoms with Gasteiger partial charge in [-0.2, -0.15) is 13.2 Å². The highest BCUT2D eigenvalue weighted by Gasteiger charge is 2.40. The van der Waals surface area contributed by atoms with Crippen molar-refractivity contribution in [1.29, 1.82) is 0 Å². The zero-order valence-electron chi connectivity index (χ0n) is 11.1. The largest absolute Gasteiger partial charge is 0.456 e. The summed E-state index contributed by atoms with van der Waals surface area (Å²) in [5, 5.41) is 2.39. The molecule has 0 aliphatic carbocycles. The predicted molar refractivity (Wildman–Crippen MR) is 62.4 cm³/mol. The second-order valence-electron chi connectivity index (χ2n) is 3.73. The highest BCUT2D eigenvalue weighted by atomic mass is 19.4. The zero-order chi connectivity index (χ0) is 14.5. The van der Waals surface area contributed by atoms with Gasteiger partial charge in [-0.25, -0.2) is 0 Å². The normalized spacial score (nSPS) is 10.9. The molecule has 0 fully saturated rings. The first-order valence-electron chi connectivity index (χ1n) is 5.70. The van der Waals surface area contributed by atoms with E-state index in [9.17, 15) is 18.0 Å². The van der Waals surface area contributed by atoms with Gasteiger partial charge >= 0.3 is 6.18 Å². The molecule has 6 heteroatoms. The minimum Gasteiger partial charge on any atom is -0.456 e. The molecule has 104 valence electrons. The van der Waals surface area contributed by atoms with Crippen LogP contribution in [0.5, 0.6) is 0 Å². The molecule has 0 bridgehead atoms. The third-order valence-corrected chi connectivity index (χ3v) is 1.78. The van der Waals surface area contributed by atoms with Gasteiger partial charge < -0.3 is 9.73 Å². The second-order valence-corrected chi connectivity index (χ2v) is 3.73. The van der Waals surface area contributed by atoms with Gasteiger partial charge in [0.1, 0.15) is 5.76 Å². The predicted octanol–water partition coefficient (Wildman–Crippen LogP) is 3.77. The van der Waals surface area contributed by atoms with Crippen molar-refractivity contribution in [3.63, 3.8) is 0 Å². The summed E-state index contributed by atoms with van der Waals surface area (Å²) in [6.07, 6.45) is -4.65. The molecule has 1 N–H and O–H groups in total. The second kappa shape index (κ2) is 6.47. The van der Waals surface area contributed by atoms with Gasteiger partial charge in [-0.3, -0.25) is 4.79 Å². The van der Waals surface area contributed by atoms with Crippen LogP contribution in [0.15, 0.2) is 10.5 Å². The molecule has 0 atom stereocenters. The van der Waals surface area contributed by atoms with Crippen molar-refractivity contribution in [2.75, 3.05) is 0 Å². The average Bonchev–Trinajstić information content (AvgIpc) is 2.62. The smallest absolute Gasteiger partial charge is 0.450 e. The Bertz CT molecular complexity index is 395. The maximum absolute atomic E-state index is 12.5. The third-order valence-electron chi connectivity index (χ3n) is 1.78. The van der Waals surface area contributed by atoms with Gasteiger partial charge in [0.25, 0.3) is 5.91 Å². The number of nitrogens with one attached hydrogen (secondary N) is 1. The molecule has 0 aliphatic rings. The van der Waals surface area contributed by atoms with E-state index >= 15 is 0 Å². The molecule has 0 aliphatic heterocycles. The summed E-state index contributed by atoms with van der Waals surface area (Å²) in [5.74, 6) is -1.97. The summed E-state index contributed by atoms with van der Waals surface area (Å²) in [6.45, 7) is 8.69. The van der Waals surface area contributed by atoms with Gasteiger partial charge in [0.15, 0.2) is 0 Å². The number of hydrogen-bond acceptors (Lipinski definition) is 2. The van der Waals surface area contributed by atoms with Crippen LogP contribution in [0.1, 0.15) is 49.6 Å². The molecule has 1 heterocycles. The third kappa shape index (κ3) is 4.43. The minimum absolute atomic E-state index is 0.0567. The van der Waals surface area contributed by atoms with Gasteiger partial charge in [0, 0.05) is 6.04 Å². The number of rotatable bonds is 2. The highest BCUT2D eigenvalue weighted by molar-refractivity contribution is 5.95. The fourth-order valence-corrected chi connectivity index (χ4v) is 1.23. The summed E-state index contributed by atoms with van der Waals surface area (Å²) >= 11 is 0. The molecular weight excluding hydrogens is 247 g/mol. The Hall–Kier alpha value is -1.46. The lowest BCUT2D eigenvalue weighted by molar-refractivity contribution is -0.153. The molecule has 0 saturated carbocycles. The van der Waals surface area contributed by atoms with Gasteiger partial charge in [0.05, 0.1) is 5.56 Å². The van der Waals surface area contributed by atoms with Crippen LogP contribution in [0, 0.1) is 6.92 Å². The van der Waals surface area contributed by atoms with E-state index in [0.29, 0.717) is 0 Å². The number of hydrogen-bond donors (Lipinski definition) is 1. The Morgan fingerprint density at radius 3 is 2.22 bits per heavy atom. The van der Waals surface area contributed by atoms with Crippen molar-refractivity contribution in [2.45, 2.75) is 46.8 Å². The van der Waals surface area contributed by atoms with Crippen molar-refractivity contribution in [3.8, 4) is 0 Å². The number of alkyl halides is 3. The maximum Gasteiger partial charge on any atom is 0.450 e. The Labute approximate surface area is 104 Å². The van der Waals surface area contributed by atoms with Crippen LogP contribution in [0.3, 0.4) is 0 Å². The monoisotopic (exact) mass is 265 g/mol. The van der Waals surface area contributed by atoms with E-state index in [1.54, 1.807) is 13.8 Å². The van der Waals surface area contributed by atoms with Gasteiger partial charge in [-0.15, -0.1) is 0 Å². The fourth-order valence-electron chi connectivity index (χ4n) is 1.23. The Morgan fingerprint density at radius 2 is 1.83 bits per heavy atom. The molecule has 0 aromatic carbocycles. The van der Waals surface area contributed by atoms with Gasteiger partial charge in [-0.05, 0) is 26.8 Å². The highest BCUT2D eigenvalue weighted by Crippen LogP contribution is 2.33. The van der Waals surface area contributed by atoms with Crippen LogP contribution in [0.2, 0.25) is 0 Å². The first-order chi connectivity index (χ1) is 8.21. The van der Waals surface area contributed by atoms with Crippen molar-refractivity contribution < 1.29 is 22.4 Å². The molecule has 0 spiro atoms. The van der Waals surface area contributed by atoms with Crippen molar-refractivity contribution in [1.82, 2.24) is 5.32 Å². The van der Waals surface area contributed by atoms with Crippen LogP contribution in [-0.4, -0.2) is 11.9 Å². The lowest BCUT2D eigenvalue weighted by atomic mass is 10.2. The molecule has 0 saturated heterocycles. The Morgan fingerprint density at radius 1 is 1.33 bits per heavy atom. The maximum atomic E-state index is 12.5. The van der Waals surface area contributed by atoms with Crippen molar-refractivity contribution in [2.24, 2.45) is 0 Å². The van der Waals surface area contributed by atoms with Crippen LogP contribution in [0.25, 0.3) is 0 Å². The SMILES string of the molecule is CC.Cc1cc(C(=O)NC(C)C)c(C(F)(F)F)o1. The number of halogens is 3. The molecule has 3 nitrogen and oxygen atoms in total. The standard InChI is InChI=1S/C10H12F3NO2.C2H6/c1-5(2)14-9(15)7-4-6(3)16-8(7)10(11,12)13;1-2/h4-5H,1-3H3,(H,14,15);1-2H3. The average molecular weight is 265 g/mol. The molecule has 1 aromatic heterocycles. The number of carbonyl (C=O) groups excluding carboxylic acids is 1. The lowest BCUT2D eigenvalue weighted by Crippen LogP contribution is -2.31. The Balaban J connectivity index is 0.00000137. The van der Waals surface area contributed by atoms with Crippen molar-refractivity contribution in [3.05, 3.63) is 23.2 Å². The topological polar surface area (TPSA) is 42.2 Å². The van der Waals surface area contributed by atoms with E-state index < -0.39 is 23.4 Å². The summed E-state index contributed by atoms with van der Waals surface area (Å²) in [5.41, 5.74) is -0.473. The summed E-state index contributed by atoms with van der Waals surface area (Å²) in [7, 11) is 0. The number of aryl methyl sites for hydroxylation is 1. The molecule has 1 amide bonds. The van der Waals surface area contributed by atoms with E-state index in [-0.39, 0.29) is 11.8 Å². The number of carbonyl (C=O) groups is 1. The van der Waals surface area contributed by atoms with Gasteiger partial charge in [-0.1, -0.05) is 13.8 Å². The molecule has 0 unspecified atom stereocenters. The van der Waals surface area contributed by atoms with Crippen LogP contribution in [0.4, 0.5) is 13.2 Å². The van der Waals surface area contributed by atoms with Crippen LogP contribution < -0.4 is 5.32 Å². The van der Waals surface area contributed by atoms with E-state index in [2.05, 4.69) is 9.73 Å². The van der Waals surface area contributed by atoms with Crippen LogP contribution >= 0.6 is 0 Å². The van der Waals surface area contributed by atoms with E-state index in [4.69, 9.17) is 0 Å². The number of furan rings is 1. The van der Waals surface area contributed by atoms with E-state index in [1.807, 2.05) is 13.8 Å². The van der Waals surface area contributed by atoms with Crippen LogP contribution in [-0.2, 0) is 6.18 Å². The summed E-state index contributed by atoms with van der Waals surface area (Å²) in [6, 6.07) is 0.851. The molecule has 1 rings (SSSR count). The van der Waals surface area contributed by atoms with E-state index in [1.165, 1.54) is 6.92 Å². The molecule has 18 heavy (non-hydrogen) atoms.